The van der Waals surface area contributed by atoms with E-state index >= 15 is 0 Å². The Morgan fingerprint density at radius 2 is 2.07 bits per heavy atom. The molecule has 0 fully saturated rings. The molecule has 0 aliphatic carbocycles. The lowest BCUT2D eigenvalue weighted by Crippen LogP contribution is -2.30. The fourth-order valence-electron chi connectivity index (χ4n) is 1.66. The van der Waals surface area contributed by atoms with E-state index in [4.69, 9.17) is 4.74 Å². The average molecular weight is 190 g/mol. The van der Waals surface area contributed by atoms with E-state index in [1.54, 1.807) is 19.1 Å². The number of carbonyl (C=O) groups is 2. The van der Waals surface area contributed by atoms with Crippen molar-refractivity contribution in [2.24, 2.45) is 5.92 Å². The average Bonchev–Trinajstić information content (AvgIpc) is 2.20. The number of ether oxygens (including phenoxy) is 1. The van der Waals surface area contributed by atoms with Crippen LogP contribution in [0.3, 0.4) is 0 Å². The molecule has 1 aliphatic heterocycles. The van der Waals surface area contributed by atoms with E-state index in [0.717, 1.165) is 11.8 Å². The second-order valence-corrected chi connectivity index (χ2v) is 3.41. The molecule has 1 aromatic rings. The Bertz CT molecular complexity index is 384. The van der Waals surface area contributed by atoms with Crippen LogP contribution in [0.15, 0.2) is 24.3 Å². The zero-order valence-electron chi connectivity index (χ0n) is 7.77. The molecule has 0 N–H and O–H groups in total. The number of aldehydes is 1. The first-order valence-corrected chi connectivity index (χ1v) is 4.50. The Labute approximate surface area is 81.7 Å². The van der Waals surface area contributed by atoms with Crippen molar-refractivity contribution >= 4 is 12.3 Å². The van der Waals surface area contributed by atoms with Gasteiger partial charge in [-0.15, -0.1) is 0 Å². The number of hydrogen-bond acceptors (Lipinski definition) is 3. The molecule has 1 heterocycles. The first-order valence-electron chi connectivity index (χ1n) is 4.50. The van der Waals surface area contributed by atoms with E-state index in [2.05, 4.69) is 0 Å². The summed E-state index contributed by atoms with van der Waals surface area (Å²) in [6.07, 6.45) is 0.809. The lowest BCUT2D eigenvalue weighted by Gasteiger charge is -2.25. The summed E-state index contributed by atoms with van der Waals surface area (Å²) < 4.78 is 5.08. The molecular weight excluding hydrogens is 180 g/mol. The molecule has 0 saturated heterocycles. The molecule has 1 aromatic carbocycles. The zero-order chi connectivity index (χ0) is 10.1. The van der Waals surface area contributed by atoms with Crippen molar-refractivity contribution in [1.29, 1.82) is 0 Å². The highest BCUT2D eigenvalue weighted by atomic mass is 16.5. The van der Waals surface area contributed by atoms with Crippen LogP contribution in [-0.4, -0.2) is 12.3 Å². The van der Waals surface area contributed by atoms with Crippen molar-refractivity contribution in [3.05, 3.63) is 29.8 Å². The van der Waals surface area contributed by atoms with E-state index in [1.165, 1.54) is 0 Å². The van der Waals surface area contributed by atoms with Crippen LogP contribution < -0.4 is 4.74 Å². The summed E-state index contributed by atoms with van der Waals surface area (Å²) in [5.74, 6) is -0.580. The van der Waals surface area contributed by atoms with Gasteiger partial charge in [0.05, 0.1) is 11.8 Å². The fourth-order valence-corrected chi connectivity index (χ4v) is 1.66. The van der Waals surface area contributed by atoms with Crippen molar-refractivity contribution < 1.29 is 14.3 Å². The number of benzene rings is 1. The van der Waals surface area contributed by atoms with E-state index in [-0.39, 0.29) is 17.8 Å². The summed E-state index contributed by atoms with van der Waals surface area (Å²) in [6, 6.07) is 7.14. The lowest BCUT2D eigenvalue weighted by atomic mass is 9.86. The van der Waals surface area contributed by atoms with E-state index in [9.17, 15) is 9.59 Å². The molecule has 0 spiro atoms. The van der Waals surface area contributed by atoms with Gasteiger partial charge >= 0.3 is 5.97 Å². The molecule has 72 valence electrons. The molecular formula is C11H10O3. The predicted molar refractivity (Wildman–Crippen MR) is 50.0 cm³/mol. The minimum Gasteiger partial charge on any atom is -0.426 e. The van der Waals surface area contributed by atoms with Crippen molar-refractivity contribution in [3.63, 3.8) is 0 Å². The van der Waals surface area contributed by atoms with Crippen molar-refractivity contribution in [3.8, 4) is 5.75 Å². The van der Waals surface area contributed by atoms with Gasteiger partial charge in [0.15, 0.2) is 0 Å². The summed E-state index contributed by atoms with van der Waals surface area (Å²) >= 11 is 0. The van der Waals surface area contributed by atoms with E-state index in [1.807, 2.05) is 12.1 Å². The van der Waals surface area contributed by atoms with Crippen molar-refractivity contribution in [2.75, 3.05) is 0 Å². The zero-order valence-corrected chi connectivity index (χ0v) is 7.77. The smallest absolute Gasteiger partial charge is 0.315 e. The number of fused-ring (bicyclic) bond motifs is 1. The maximum Gasteiger partial charge on any atom is 0.315 e. The number of rotatable bonds is 1. The monoisotopic (exact) mass is 190 g/mol. The van der Waals surface area contributed by atoms with Gasteiger partial charge < -0.3 is 9.53 Å². The van der Waals surface area contributed by atoms with Gasteiger partial charge in [-0.2, -0.15) is 0 Å². The first-order chi connectivity index (χ1) is 6.74. The van der Waals surface area contributed by atoms with Crippen molar-refractivity contribution in [1.82, 2.24) is 0 Å². The minimum atomic E-state index is -0.387. The maximum absolute atomic E-state index is 11.3. The quantitative estimate of drug-likeness (QED) is 0.383. The van der Waals surface area contributed by atoms with Crippen LogP contribution in [0, 0.1) is 5.92 Å². The van der Waals surface area contributed by atoms with Crippen LogP contribution in [0.4, 0.5) is 0 Å². The van der Waals surface area contributed by atoms with Gasteiger partial charge in [0, 0.05) is 5.56 Å². The molecule has 1 aliphatic rings. The van der Waals surface area contributed by atoms with Gasteiger partial charge in [-0.1, -0.05) is 25.1 Å². The molecule has 0 radical (unpaired) electrons. The number of hydrogen-bond donors (Lipinski definition) is 0. The largest absolute Gasteiger partial charge is 0.426 e. The molecule has 0 saturated carbocycles. The Morgan fingerprint density at radius 3 is 2.79 bits per heavy atom. The molecule has 2 rings (SSSR count). The molecule has 3 nitrogen and oxygen atoms in total. The first kappa shape index (κ1) is 8.94. The summed E-state index contributed by atoms with van der Waals surface area (Å²) in [5.41, 5.74) is 0.801. The standard InChI is InChI=1S/C11H10O3/c1-7-9(6-12)8-4-2-3-5-10(8)14-11(7)13/h2-7,9H,1H3. The Balaban J connectivity index is 2.52. The second-order valence-electron chi connectivity index (χ2n) is 3.41. The summed E-state index contributed by atoms with van der Waals surface area (Å²) in [6.45, 7) is 1.71. The number of esters is 1. The second kappa shape index (κ2) is 3.25. The van der Waals surface area contributed by atoms with Gasteiger partial charge in [0.1, 0.15) is 12.0 Å². The molecule has 2 atom stereocenters. The molecule has 0 amide bonds. The van der Waals surface area contributed by atoms with Crippen molar-refractivity contribution in [2.45, 2.75) is 12.8 Å². The fraction of sp³-hybridized carbons (Fsp3) is 0.273. The van der Waals surface area contributed by atoms with Crippen LogP contribution in [-0.2, 0) is 9.59 Å². The molecule has 2 unspecified atom stereocenters. The minimum absolute atomic E-state index is 0.333. The van der Waals surface area contributed by atoms with Crippen LogP contribution in [0.1, 0.15) is 18.4 Å². The third-order valence-electron chi connectivity index (χ3n) is 2.55. The maximum atomic E-state index is 11.3. The van der Waals surface area contributed by atoms with Crippen LogP contribution in [0.25, 0.3) is 0 Å². The van der Waals surface area contributed by atoms with Gasteiger partial charge in [-0.3, -0.25) is 4.79 Å². The summed E-state index contributed by atoms with van der Waals surface area (Å²) in [5, 5.41) is 0. The van der Waals surface area contributed by atoms with Gasteiger partial charge in [0.25, 0.3) is 0 Å². The summed E-state index contributed by atoms with van der Waals surface area (Å²) in [7, 11) is 0. The van der Waals surface area contributed by atoms with Crippen LogP contribution in [0.5, 0.6) is 5.75 Å². The molecule has 0 aromatic heterocycles. The van der Waals surface area contributed by atoms with Gasteiger partial charge in [-0.25, -0.2) is 0 Å². The summed E-state index contributed by atoms with van der Waals surface area (Å²) in [4.78, 5) is 22.2. The SMILES string of the molecule is CC1C(=O)Oc2ccccc2C1C=O. The number of para-hydroxylation sites is 1. The third-order valence-corrected chi connectivity index (χ3v) is 2.55. The normalized spacial score (nSPS) is 25.1. The van der Waals surface area contributed by atoms with E-state index in [0.29, 0.717) is 5.75 Å². The highest BCUT2D eigenvalue weighted by Gasteiger charge is 2.33. The lowest BCUT2D eigenvalue weighted by molar-refractivity contribution is -0.141. The molecule has 3 heteroatoms. The highest BCUT2D eigenvalue weighted by Crippen LogP contribution is 2.35. The van der Waals surface area contributed by atoms with Crippen LogP contribution >= 0.6 is 0 Å². The molecule has 0 bridgehead atoms. The Kier molecular flexibility index (Phi) is 2.08. The van der Waals surface area contributed by atoms with Gasteiger partial charge in [-0.05, 0) is 6.07 Å². The third kappa shape index (κ3) is 1.21. The topological polar surface area (TPSA) is 43.4 Å². The van der Waals surface area contributed by atoms with Crippen LogP contribution in [0.2, 0.25) is 0 Å². The Morgan fingerprint density at radius 1 is 1.36 bits per heavy atom. The number of carbonyl (C=O) groups excluding carboxylic acids is 2. The van der Waals surface area contributed by atoms with Gasteiger partial charge in [0.2, 0.25) is 0 Å². The van der Waals surface area contributed by atoms with E-state index < -0.39 is 0 Å². The predicted octanol–water partition coefficient (Wildman–Crippen LogP) is 1.52. The highest BCUT2D eigenvalue weighted by molar-refractivity contribution is 5.84. The molecule has 14 heavy (non-hydrogen) atoms. The Hall–Kier alpha value is -1.64.